The lowest BCUT2D eigenvalue weighted by atomic mass is 10.1. The van der Waals surface area contributed by atoms with Crippen LogP contribution >= 0.6 is 0 Å². The van der Waals surface area contributed by atoms with Crippen LogP contribution in [0.25, 0.3) is 0 Å². The van der Waals surface area contributed by atoms with Crippen LogP contribution in [0.15, 0.2) is 48.5 Å². The summed E-state index contributed by atoms with van der Waals surface area (Å²) in [6.45, 7) is 2.38. The fourth-order valence-corrected chi connectivity index (χ4v) is 2.27. The summed E-state index contributed by atoms with van der Waals surface area (Å²) in [6.07, 6.45) is -3.71. The molecule has 0 atom stereocenters. The molecule has 0 saturated heterocycles. The van der Waals surface area contributed by atoms with Crippen molar-refractivity contribution in [3.8, 4) is 5.75 Å². The van der Waals surface area contributed by atoms with Crippen molar-refractivity contribution in [2.24, 2.45) is 0 Å². The minimum Gasteiger partial charge on any atom is -0.491 e. The van der Waals surface area contributed by atoms with Gasteiger partial charge in [-0.3, -0.25) is 0 Å². The summed E-state index contributed by atoms with van der Waals surface area (Å²) in [4.78, 5) is 11.8. The molecule has 0 unspecified atom stereocenters. The summed E-state index contributed by atoms with van der Waals surface area (Å²) in [5, 5.41) is 4.69. The number of nitrogens with one attached hydrogen (secondary N) is 2. The maximum atomic E-state index is 12.9. The van der Waals surface area contributed by atoms with Crippen LogP contribution in [0.2, 0.25) is 0 Å². The Morgan fingerprint density at radius 1 is 1.08 bits per heavy atom. The van der Waals surface area contributed by atoms with Crippen LogP contribution in [0.3, 0.4) is 0 Å². The van der Waals surface area contributed by atoms with E-state index in [1.165, 1.54) is 18.2 Å². The summed E-state index contributed by atoms with van der Waals surface area (Å²) in [7, 11) is 0. The number of rotatable bonds is 6. The highest BCUT2D eigenvalue weighted by Crippen LogP contribution is 2.34. The summed E-state index contributed by atoms with van der Waals surface area (Å²) in [6, 6.07) is 11.6. The number of urea groups is 1. The first-order chi connectivity index (χ1) is 11.9. The first-order valence-corrected chi connectivity index (χ1v) is 7.83. The second-order valence-electron chi connectivity index (χ2n) is 5.23. The molecule has 0 bridgehead atoms. The van der Waals surface area contributed by atoms with E-state index in [-0.39, 0.29) is 18.8 Å². The fraction of sp³-hybridized carbons (Fsp3) is 0.278. The van der Waals surface area contributed by atoms with Crippen molar-refractivity contribution in [2.75, 3.05) is 18.5 Å². The average molecular weight is 352 g/mol. The van der Waals surface area contributed by atoms with E-state index in [1.807, 2.05) is 31.2 Å². The molecule has 0 radical (unpaired) electrons. The molecule has 0 aliphatic carbocycles. The molecule has 0 fully saturated rings. The third-order valence-corrected chi connectivity index (χ3v) is 3.48. The molecule has 0 aliphatic heterocycles. The van der Waals surface area contributed by atoms with Gasteiger partial charge in [0.25, 0.3) is 0 Å². The van der Waals surface area contributed by atoms with Crippen molar-refractivity contribution < 1.29 is 22.7 Å². The second-order valence-corrected chi connectivity index (χ2v) is 5.23. The van der Waals surface area contributed by atoms with Crippen molar-refractivity contribution >= 4 is 11.7 Å². The predicted octanol–water partition coefficient (Wildman–Crippen LogP) is 4.47. The van der Waals surface area contributed by atoms with Crippen molar-refractivity contribution in [3.63, 3.8) is 0 Å². The molecule has 25 heavy (non-hydrogen) atoms. The van der Waals surface area contributed by atoms with Gasteiger partial charge >= 0.3 is 12.2 Å². The molecule has 2 aromatic rings. The largest absolute Gasteiger partial charge is 0.491 e. The summed E-state index contributed by atoms with van der Waals surface area (Å²) >= 11 is 0. The first-order valence-electron chi connectivity index (χ1n) is 7.83. The van der Waals surface area contributed by atoms with Crippen LogP contribution in [-0.2, 0) is 12.6 Å². The lowest BCUT2D eigenvalue weighted by Crippen LogP contribution is -2.32. The van der Waals surface area contributed by atoms with Gasteiger partial charge in [0.15, 0.2) is 0 Å². The number of carbonyl (C=O) groups excluding carboxylic acids is 1. The van der Waals surface area contributed by atoms with Crippen LogP contribution in [0, 0.1) is 0 Å². The molecule has 0 spiro atoms. The quantitative estimate of drug-likeness (QED) is 0.754. The Hall–Kier alpha value is -2.70. The van der Waals surface area contributed by atoms with E-state index < -0.39 is 17.8 Å². The van der Waals surface area contributed by atoms with Gasteiger partial charge in [0, 0.05) is 0 Å². The molecule has 134 valence electrons. The minimum absolute atomic E-state index is 0.165. The number of halogens is 3. The van der Waals surface area contributed by atoms with Gasteiger partial charge in [-0.25, -0.2) is 4.79 Å². The number of para-hydroxylation sites is 2. The van der Waals surface area contributed by atoms with E-state index in [0.717, 1.165) is 23.8 Å². The molecule has 4 nitrogen and oxygen atoms in total. The Kier molecular flexibility index (Phi) is 6.27. The molecule has 2 amide bonds. The number of carbonyl (C=O) groups is 1. The molecule has 2 aromatic carbocycles. The maximum Gasteiger partial charge on any atom is 0.418 e. The number of alkyl halides is 3. The van der Waals surface area contributed by atoms with Gasteiger partial charge in [0.1, 0.15) is 12.4 Å². The van der Waals surface area contributed by atoms with E-state index in [9.17, 15) is 18.0 Å². The smallest absolute Gasteiger partial charge is 0.418 e. The predicted molar refractivity (Wildman–Crippen MR) is 89.8 cm³/mol. The normalized spacial score (nSPS) is 11.0. The number of aryl methyl sites for hydroxylation is 1. The lowest BCUT2D eigenvalue weighted by molar-refractivity contribution is -0.136. The van der Waals surface area contributed by atoms with Gasteiger partial charge in [0.05, 0.1) is 17.8 Å². The van der Waals surface area contributed by atoms with Crippen molar-refractivity contribution in [3.05, 3.63) is 59.7 Å². The molecule has 0 saturated carbocycles. The molecule has 7 heteroatoms. The van der Waals surface area contributed by atoms with Gasteiger partial charge in [-0.05, 0) is 30.2 Å². The van der Waals surface area contributed by atoms with Crippen molar-refractivity contribution in [2.45, 2.75) is 19.5 Å². The van der Waals surface area contributed by atoms with Gasteiger partial charge in [-0.1, -0.05) is 37.3 Å². The molecule has 0 aromatic heterocycles. The van der Waals surface area contributed by atoms with Crippen LogP contribution in [0.5, 0.6) is 5.75 Å². The molecule has 0 aliphatic rings. The van der Waals surface area contributed by atoms with Crippen LogP contribution in [-0.4, -0.2) is 19.2 Å². The lowest BCUT2D eigenvalue weighted by Gasteiger charge is -2.14. The Morgan fingerprint density at radius 2 is 1.76 bits per heavy atom. The number of benzene rings is 2. The van der Waals surface area contributed by atoms with E-state index in [4.69, 9.17) is 4.74 Å². The van der Waals surface area contributed by atoms with Gasteiger partial charge in [-0.2, -0.15) is 13.2 Å². The topological polar surface area (TPSA) is 50.4 Å². The zero-order valence-electron chi connectivity index (χ0n) is 13.7. The number of amides is 2. The number of ether oxygens (including phenoxy) is 1. The van der Waals surface area contributed by atoms with Crippen LogP contribution in [0.4, 0.5) is 23.7 Å². The van der Waals surface area contributed by atoms with E-state index >= 15 is 0 Å². The zero-order valence-corrected chi connectivity index (χ0v) is 13.7. The fourth-order valence-electron chi connectivity index (χ4n) is 2.27. The standard InChI is InChI=1S/C18H19F3N2O2/c1-2-13-7-3-6-10-16(13)25-12-11-22-17(24)23-15-9-5-4-8-14(15)18(19,20)21/h3-10H,2,11-12H2,1H3,(H2,22,23,24). The maximum absolute atomic E-state index is 12.9. The van der Waals surface area contributed by atoms with E-state index in [0.29, 0.717) is 0 Å². The zero-order chi connectivity index (χ0) is 18.3. The Balaban J connectivity index is 1.84. The van der Waals surface area contributed by atoms with Gasteiger partial charge in [0.2, 0.25) is 0 Å². The molecular formula is C18H19F3N2O2. The van der Waals surface area contributed by atoms with Gasteiger partial charge in [-0.15, -0.1) is 0 Å². The number of hydrogen-bond donors (Lipinski definition) is 2. The molecule has 2 rings (SSSR count). The van der Waals surface area contributed by atoms with Gasteiger partial charge < -0.3 is 15.4 Å². The van der Waals surface area contributed by atoms with E-state index in [1.54, 1.807) is 0 Å². The van der Waals surface area contributed by atoms with Crippen LogP contribution < -0.4 is 15.4 Å². The molecular weight excluding hydrogens is 333 g/mol. The van der Waals surface area contributed by atoms with E-state index in [2.05, 4.69) is 10.6 Å². The van der Waals surface area contributed by atoms with Crippen molar-refractivity contribution in [1.29, 1.82) is 0 Å². The highest BCUT2D eigenvalue weighted by molar-refractivity contribution is 5.90. The average Bonchev–Trinajstić information content (AvgIpc) is 2.58. The summed E-state index contributed by atoms with van der Waals surface area (Å²) < 4.78 is 44.2. The SMILES string of the molecule is CCc1ccccc1OCCNC(=O)Nc1ccccc1C(F)(F)F. The second kappa shape index (κ2) is 8.41. The third kappa shape index (κ3) is 5.41. The number of hydrogen-bond acceptors (Lipinski definition) is 2. The molecule has 2 N–H and O–H groups in total. The Morgan fingerprint density at radius 3 is 2.48 bits per heavy atom. The summed E-state index contributed by atoms with van der Waals surface area (Å²) in [5.74, 6) is 0.731. The Labute approximate surface area is 144 Å². The summed E-state index contributed by atoms with van der Waals surface area (Å²) in [5.41, 5.74) is -0.130. The highest BCUT2D eigenvalue weighted by Gasteiger charge is 2.33. The minimum atomic E-state index is -4.53. The number of anilines is 1. The Bertz CT molecular complexity index is 717. The van der Waals surface area contributed by atoms with Crippen LogP contribution in [0.1, 0.15) is 18.1 Å². The first kappa shape index (κ1) is 18.6. The molecule has 0 heterocycles. The highest BCUT2D eigenvalue weighted by atomic mass is 19.4. The van der Waals surface area contributed by atoms with Crippen molar-refractivity contribution in [1.82, 2.24) is 5.32 Å². The third-order valence-electron chi connectivity index (χ3n) is 3.48. The monoisotopic (exact) mass is 352 g/mol.